The Morgan fingerprint density at radius 2 is 1.80 bits per heavy atom. The lowest BCUT2D eigenvalue weighted by atomic mass is 9.85. The minimum absolute atomic E-state index is 0.250. The molecule has 84 valence electrons. The van der Waals surface area contributed by atoms with Gasteiger partial charge < -0.3 is 10.5 Å². The van der Waals surface area contributed by atoms with E-state index in [0.717, 1.165) is 17.7 Å². The lowest BCUT2D eigenvalue weighted by Crippen LogP contribution is -2.34. The monoisotopic (exact) mass is 207 g/mol. The van der Waals surface area contributed by atoms with Gasteiger partial charge in [0.1, 0.15) is 5.75 Å². The maximum atomic E-state index is 6.29. The van der Waals surface area contributed by atoms with Crippen molar-refractivity contribution in [1.29, 1.82) is 0 Å². The largest absolute Gasteiger partial charge is 0.497 e. The summed E-state index contributed by atoms with van der Waals surface area (Å²) in [6.45, 7) is 6.46. The summed E-state index contributed by atoms with van der Waals surface area (Å²) in [5, 5.41) is 0. The molecular formula is C13H21NO. The van der Waals surface area contributed by atoms with Crippen LogP contribution in [-0.4, -0.2) is 7.11 Å². The van der Waals surface area contributed by atoms with Crippen LogP contribution in [0.1, 0.15) is 32.8 Å². The van der Waals surface area contributed by atoms with Crippen molar-refractivity contribution < 1.29 is 4.74 Å². The lowest BCUT2D eigenvalue weighted by molar-refractivity contribution is 0.379. The highest BCUT2D eigenvalue weighted by Gasteiger charge is 2.22. The van der Waals surface area contributed by atoms with E-state index >= 15 is 0 Å². The van der Waals surface area contributed by atoms with Crippen LogP contribution in [0.5, 0.6) is 5.75 Å². The third kappa shape index (κ3) is 3.24. The molecule has 1 aromatic carbocycles. The zero-order chi connectivity index (χ0) is 11.5. The quantitative estimate of drug-likeness (QED) is 0.824. The van der Waals surface area contributed by atoms with Crippen LogP contribution in [0.4, 0.5) is 0 Å². The molecule has 0 spiro atoms. The molecule has 0 aliphatic rings. The van der Waals surface area contributed by atoms with Crippen molar-refractivity contribution >= 4 is 0 Å². The molecule has 0 saturated carbocycles. The second-order valence-corrected chi connectivity index (χ2v) is 4.74. The fraction of sp³-hybridized carbons (Fsp3) is 0.538. The maximum Gasteiger partial charge on any atom is 0.118 e. The van der Waals surface area contributed by atoms with Gasteiger partial charge in [-0.2, -0.15) is 0 Å². The molecule has 0 heterocycles. The van der Waals surface area contributed by atoms with E-state index in [-0.39, 0.29) is 5.54 Å². The summed E-state index contributed by atoms with van der Waals surface area (Å²) in [4.78, 5) is 0. The first-order chi connectivity index (χ1) is 6.95. The third-order valence-corrected chi connectivity index (χ3v) is 2.58. The minimum atomic E-state index is -0.250. The van der Waals surface area contributed by atoms with Crippen molar-refractivity contribution in [2.45, 2.75) is 32.7 Å². The Balaban J connectivity index is 2.85. The maximum absolute atomic E-state index is 6.29. The van der Waals surface area contributed by atoms with Gasteiger partial charge >= 0.3 is 0 Å². The number of ether oxygens (including phenoxy) is 1. The van der Waals surface area contributed by atoms with E-state index in [1.54, 1.807) is 7.11 Å². The van der Waals surface area contributed by atoms with E-state index in [0.29, 0.717) is 5.92 Å². The molecule has 2 nitrogen and oxygen atoms in total. The first-order valence-corrected chi connectivity index (χ1v) is 5.39. The Labute approximate surface area is 92.4 Å². The number of hydrogen-bond donors (Lipinski definition) is 1. The lowest BCUT2D eigenvalue weighted by Gasteiger charge is -2.27. The van der Waals surface area contributed by atoms with Gasteiger partial charge in [-0.15, -0.1) is 0 Å². The molecule has 1 atom stereocenters. The van der Waals surface area contributed by atoms with Crippen LogP contribution in [0.25, 0.3) is 0 Å². The van der Waals surface area contributed by atoms with Crippen molar-refractivity contribution in [3.8, 4) is 5.75 Å². The molecule has 1 rings (SSSR count). The Hall–Kier alpha value is -1.02. The van der Waals surface area contributed by atoms with Crippen molar-refractivity contribution in [2.24, 2.45) is 11.7 Å². The van der Waals surface area contributed by atoms with Crippen LogP contribution >= 0.6 is 0 Å². The predicted molar refractivity (Wildman–Crippen MR) is 64.0 cm³/mol. The average molecular weight is 207 g/mol. The predicted octanol–water partition coefficient (Wildman–Crippen LogP) is 2.92. The van der Waals surface area contributed by atoms with Gasteiger partial charge in [-0.1, -0.05) is 26.0 Å². The summed E-state index contributed by atoms with van der Waals surface area (Å²) >= 11 is 0. The molecule has 0 aliphatic carbocycles. The number of rotatable bonds is 4. The number of methoxy groups -OCH3 is 1. The third-order valence-electron chi connectivity index (χ3n) is 2.58. The number of hydrogen-bond acceptors (Lipinski definition) is 2. The van der Waals surface area contributed by atoms with Crippen LogP contribution in [-0.2, 0) is 5.54 Å². The molecule has 0 amide bonds. The highest BCUT2D eigenvalue weighted by atomic mass is 16.5. The van der Waals surface area contributed by atoms with Gasteiger partial charge in [0, 0.05) is 5.54 Å². The van der Waals surface area contributed by atoms with Gasteiger partial charge in [-0.3, -0.25) is 0 Å². The van der Waals surface area contributed by atoms with E-state index in [1.807, 2.05) is 24.3 Å². The van der Waals surface area contributed by atoms with Gasteiger partial charge in [-0.05, 0) is 37.0 Å². The number of nitrogens with two attached hydrogens (primary N) is 1. The highest BCUT2D eigenvalue weighted by molar-refractivity contribution is 5.31. The van der Waals surface area contributed by atoms with Gasteiger partial charge in [0.25, 0.3) is 0 Å². The van der Waals surface area contributed by atoms with E-state index in [4.69, 9.17) is 10.5 Å². The van der Waals surface area contributed by atoms with Gasteiger partial charge in [0.05, 0.1) is 7.11 Å². The van der Waals surface area contributed by atoms with E-state index in [2.05, 4.69) is 20.8 Å². The summed E-state index contributed by atoms with van der Waals surface area (Å²) in [5.41, 5.74) is 7.20. The van der Waals surface area contributed by atoms with Crippen molar-refractivity contribution in [3.05, 3.63) is 29.8 Å². The Morgan fingerprint density at radius 1 is 1.27 bits per heavy atom. The molecule has 1 unspecified atom stereocenters. The Kier molecular flexibility index (Phi) is 3.75. The molecule has 0 saturated heterocycles. The fourth-order valence-electron chi connectivity index (χ4n) is 1.94. The van der Waals surface area contributed by atoms with E-state index in [1.165, 1.54) is 0 Å². The Bertz CT molecular complexity index is 301. The van der Waals surface area contributed by atoms with Crippen molar-refractivity contribution in [3.63, 3.8) is 0 Å². The molecule has 2 N–H and O–H groups in total. The second-order valence-electron chi connectivity index (χ2n) is 4.74. The molecule has 0 aliphatic heterocycles. The molecule has 0 radical (unpaired) electrons. The number of benzene rings is 1. The first-order valence-electron chi connectivity index (χ1n) is 5.39. The van der Waals surface area contributed by atoms with Crippen LogP contribution in [0.2, 0.25) is 0 Å². The summed E-state index contributed by atoms with van der Waals surface area (Å²) in [5.74, 6) is 1.47. The molecule has 15 heavy (non-hydrogen) atoms. The molecule has 0 aromatic heterocycles. The molecule has 2 heteroatoms. The minimum Gasteiger partial charge on any atom is -0.497 e. The van der Waals surface area contributed by atoms with Crippen LogP contribution in [0.3, 0.4) is 0 Å². The molecule has 0 bridgehead atoms. The topological polar surface area (TPSA) is 35.2 Å². The Morgan fingerprint density at radius 3 is 2.20 bits per heavy atom. The second kappa shape index (κ2) is 4.67. The zero-order valence-corrected chi connectivity index (χ0v) is 10.1. The summed E-state index contributed by atoms with van der Waals surface area (Å²) in [6.07, 6.45) is 0.985. The van der Waals surface area contributed by atoms with Crippen LogP contribution < -0.4 is 10.5 Å². The van der Waals surface area contributed by atoms with E-state index in [9.17, 15) is 0 Å². The van der Waals surface area contributed by atoms with E-state index < -0.39 is 0 Å². The molecule has 1 aromatic rings. The normalized spacial score (nSPS) is 15.1. The van der Waals surface area contributed by atoms with Crippen LogP contribution in [0.15, 0.2) is 24.3 Å². The summed E-state index contributed by atoms with van der Waals surface area (Å²) in [7, 11) is 1.67. The average Bonchev–Trinajstić information content (AvgIpc) is 2.16. The first kappa shape index (κ1) is 12.1. The zero-order valence-electron chi connectivity index (χ0n) is 10.1. The molecular weight excluding hydrogens is 186 g/mol. The fourth-order valence-corrected chi connectivity index (χ4v) is 1.94. The highest BCUT2D eigenvalue weighted by Crippen LogP contribution is 2.26. The van der Waals surface area contributed by atoms with Crippen molar-refractivity contribution in [2.75, 3.05) is 7.11 Å². The SMILES string of the molecule is COc1ccc(C(C)(N)CC(C)C)cc1. The van der Waals surface area contributed by atoms with Gasteiger partial charge in [-0.25, -0.2) is 0 Å². The molecule has 0 fully saturated rings. The summed E-state index contributed by atoms with van der Waals surface area (Å²) < 4.78 is 5.12. The van der Waals surface area contributed by atoms with Gasteiger partial charge in [0.2, 0.25) is 0 Å². The van der Waals surface area contributed by atoms with Crippen LogP contribution in [0, 0.1) is 5.92 Å². The summed E-state index contributed by atoms with van der Waals surface area (Å²) in [6, 6.07) is 8.00. The van der Waals surface area contributed by atoms with Gasteiger partial charge in [0.15, 0.2) is 0 Å². The van der Waals surface area contributed by atoms with Crippen molar-refractivity contribution in [1.82, 2.24) is 0 Å². The standard InChI is InChI=1S/C13H21NO/c1-10(2)9-13(3,14)11-5-7-12(15-4)8-6-11/h5-8,10H,9,14H2,1-4H3. The smallest absolute Gasteiger partial charge is 0.118 e.